The minimum absolute atomic E-state index is 0.0559. The molecule has 2 unspecified atom stereocenters. The van der Waals surface area contributed by atoms with E-state index in [1.165, 1.54) is 13.0 Å². The molecule has 15 heteroatoms. The molecule has 0 aliphatic carbocycles. The molecule has 0 aromatic heterocycles. The molecule has 288 valence electrons. The SMILES string of the molecule is C[C@H](NP(=O)(Oc1cccc2ccccc12)OC1O[C@H](COC(=O)OCc2ccccc2)[C@@H](OC(=O)OCc2ccccc2)[C@@H]1F)C(=O)OCC(C)(C)C. The lowest BCUT2D eigenvalue weighted by molar-refractivity contribution is -0.148. The van der Waals surface area contributed by atoms with Gasteiger partial charge in [-0.05, 0) is 34.9 Å². The zero-order valence-corrected chi connectivity index (χ0v) is 31.1. The van der Waals surface area contributed by atoms with Gasteiger partial charge in [0.1, 0.15) is 37.7 Å². The Bertz CT molecular complexity index is 1900. The molecule has 1 aliphatic rings. The van der Waals surface area contributed by atoms with Crippen molar-refractivity contribution < 1.29 is 60.8 Å². The van der Waals surface area contributed by atoms with Crippen molar-refractivity contribution in [2.24, 2.45) is 5.41 Å². The van der Waals surface area contributed by atoms with Crippen molar-refractivity contribution in [1.82, 2.24) is 5.09 Å². The second-order valence-electron chi connectivity index (χ2n) is 13.6. The number of fused-ring (bicyclic) bond motifs is 1. The number of carbonyl (C=O) groups excluding carboxylic acids is 3. The van der Waals surface area contributed by atoms with Gasteiger partial charge >= 0.3 is 26.0 Å². The highest BCUT2D eigenvalue weighted by atomic mass is 31.2. The maximum absolute atomic E-state index is 16.3. The number of hydrogen-bond donors (Lipinski definition) is 1. The van der Waals surface area contributed by atoms with Crippen LogP contribution in [0.15, 0.2) is 103 Å². The largest absolute Gasteiger partial charge is 0.509 e. The molecule has 1 fully saturated rings. The van der Waals surface area contributed by atoms with Gasteiger partial charge in [-0.25, -0.2) is 18.5 Å². The first-order valence-electron chi connectivity index (χ1n) is 17.2. The standard InChI is InChI=1S/C39H43FNO12P/c1-26(35(42)49-25-39(2,3)4)41-54(45,52-31-21-13-19-29-18-11-12-20-30(29)31)53-36-33(40)34(51-38(44)47-23-28-16-9-6-10-17-28)32(50-36)24-48-37(43)46-22-27-14-7-5-8-15-27/h5-21,26,32-34,36H,22-25H2,1-4H3,(H,41,45)/t26-,32+,33-,34+,36?,54?/m0/s1. The van der Waals surface area contributed by atoms with Gasteiger partial charge in [0.2, 0.25) is 6.29 Å². The molecule has 1 saturated heterocycles. The molecule has 0 radical (unpaired) electrons. The fourth-order valence-electron chi connectivity index (χ4n) is 5.14. The summed E-state index contributed by atoms with van der Waals surface area (Å²) in [5.41, 5.74) is 0.970. The van der Waals surface area contributed by atoms with Crippen LogP contribution in [0, 0.1) is 5.41 Å². The lowest BCUT2D eigenvalue weighted by atomic mass is 9.99. The predicted molar refractivity (Wildman–Crippen MR) is 194 cm³/mol. The molecule has 0 saturated carbocycles. The molecule has 0 amide bonds. The third-order valence-electron chi connectivity index (χ3n) is 7.81. The number of esters is 1. The highest BCUT2D eigenvalue weighted by molar-refractivity contribution is 7.52. The molecule has 0 bridgehead atoms. The second kappa shape index (κ2) is 18.4. The van der Waals surface area contributed by atoms with Crippen LogP contribution in [0.4, 0.5) is 14.0 Å². The predicted octanol–water partition coefficient (Wildman–Crippen LogP) is 8.05. The topological polar surface area (TPSA) is 154 Å². The van der Waals surface area contributed by atoms with Gasteiger partial charge in [0.05, 0.1) is 6.61 Å². The Labute approximate surface area is 312 Å². The molecule has 54 heavy (non-hydrogen) atoms. The zero-order chi connectivity index (χ0) is 38.7. The third kappa shape index (κ3) is 11.7. The Morgan fingerprint density at radius 3 is 2.04 bits per heavy atom. The second-order valence-corrected chi connectivity index (χ2v) is 15.3. The van der Waals surface area contributed by atoms with Gasteiger partial charge < -0.3 is 32.9 Å². The third-order valence-corrected chi connectivity index (χ3v) is 9.44. The lowest BCUT2D eigenvalue weighted by Gasteiger charge is -2.27. The number of alkyl halides is 1. The first kappa shape index (κ1) is 40.2. The minimum Gasteiger partial charge on any atom is -0.464 e. The van der Waals surface area contributed by atoms with Gasteiger partial charge in [-0.15, -0.1) is 0 Å². The van der Waals surface area contributed by atoms with E-state index in [2.05, 4.69) is 5.09 Å². The van der Waals surface area contributed by atoms with Crippen LogP contribution in [0.2, 0.25) is 0 Å². The van der Waals surface area contributed by atoms with Gasteiger partial charge in [-0.3, -0.25) is 9.32 Å². The molecule has 1 aliphatic heterocycles. The van der Waals surface area contributed by atoms with E-state index in [1.54, 1.807) is 97.1 Å². The zero-order valence-electron chi connectivity index (χ0n) is 30.3. The maximum atomic E-state index is 16.3. The average molecular weight is 768 g/mol. The minimum atomic E-state index is -4.75. The van der Waals surface area contributed by atoms with Crippen LogP contribution in [0.1, 0.15) is 38.8 Å². The molecule has 4 aromatic carbocycles. The van der Waals surface area contributed by atoms with E-state index in [0.29, 0.717) is 16.5 Å². The van der Waals surface area contributed by atoms with Crippen LogP contribution in [0.3, 0.4) is 0 Å². The molecular weight excluding hydrogens is 724 g/mol. The molecule has 1 heterocycles. The van der Waals surface area contributed by atoms with Gasteiger partial charge in [0, 0.05) is 5.39 Å². The molecule has 5 rings (SSSR count). The van der Waals surface area contributed by atoms with E-state index in [-0.39, 0.29) is 31.0 Å². The Morgan fingerprint density at radius 2 is 1.39 bits per heavy atom. The average Bonchev–Trinajstić information content (AvgIpc) is 3.43. The number of ether oxygens (including phenoxy) is 6. The summed E-state index contributed by atoms with van der Waals surface area (Å²) in [6.07, 6.45) is -9.98. The van der Waals surface area contributed by atoms with Crippen LogP contribution < -0.4 is 9.61 Å². The Kier molecular flexibility index (Phi) is 13.7. The van der Waals surface area contributed by atoms with E-state index in [4.69, 9.17) is 37.5 Å². The molecule has 6 atom stereocenters. The van der Waals surface area contributed by atoms with Crippen molar-refractivity contribution in [3.8, 4) is 5.75 Å². The molecule has 4 aromatic rings. The van der Waals surface area contributed by atoms with E-state index >= 15 is 4.39 Å². The maximum Gasteiger partial charge on any atom is 0.509 e. The van der Waals surface area contributed by atoms with Crippen molar-refractivity contribution in [3.05, 3.63) is 114 Å². The van der Waals surface area contributed by atoms with Crippen LogP contribution in [-0.4, -0.2) is 62.2 Å². The summed E-state index contributed by atoms with van der Waals surface area (Å²) in [5.74, 6) is -0.687. The van der Waals surface area contributed by atoms with Crippen molar-refractivity contribution in [1.29, 1.82) is 0 Å². The quantitative estimate of drug-likeness (QED) is 0.0706. The van der Waals surface area contributed by atoms with Crippen molar-refractivity contribution in [3.63, 3.8) is 0 Å². The number of hydrogen-bond acceptors (Lipinski definition) is 12. The number of benzene rings is 4. The number of rotatable bonds is 15. The van der Waals surface area contributed by atoms with Crippen LogP contribution in [0.5, 0.6) is 5.75 Å². The van der Waals surface area contributed by atoms with Crippen molar-refractivity contribution >= 4 is 36.8 Å². The normalized spacial score (nSPS) is 19.9. The molecular formula is C39H43FNO12P. The fraction of sp³-hybridized carbons (Fsp3) is 0.359. The monoisotopic (exact) mass is 767 g/mol. The van der Waals surface area contributed by atoms with E-state index in [1.807, 2.05) is 20.8 Å². The Balaban J connectivity index is 1.35. The van der Waals surface area contributed by atoms with Crippen molar-refractivity contribution in [2.45, 2.75) is 71.6 Å². The van der Waals surface area contributed by atoms with Gasteiger partial charge in [-0.1, -0.05) is 118 Å². The lowest BCUT2D eigenvalue weighted by Crippen LogP contribution is -2.39. The van der Waals surface area contributed by atoms with Crippen LogP contribution in [-0.2, 0) is 55.5 Å². The fourth-order valence-corrected chi connectivity index (χ4v) is 6.73. The Hall–Kier alpha value is -5.01. The first-order chi connectivity index (χ1) is 25.8. The summed E-state index contributed by atoms with van der Waals surface area (Å²) in [5, 5.41) is 3.81. The van der Waals surface area contributed by atoms with Crippen LogP contribution in [0.25, 0.3) is 10.8 Å². The number of carbonyl (C=O) groups is 3. The van der Waals surface area contributed by atoms with Gasteiger partial charge in [-0.2, -0.15) is 5.09 Å². The van der Waals surface area contributed by atoms with E-state index < -0.39 is 63.3 Å². The molecule has 13 nitrogen and oxygen atoms in total. The first-order valence-corrected chi connectivity index (χ1v) is 18.7. The summed E-state index contributed by atoms with van der Waals surface area (Å²) < 4.78 is 74.6. The van der Waals surface area contributed by atoms with Gasteiger partial charge in [0.15, 0.2) is 12.3 Å². The highest BCUT2D eigenvalue weighted by Crippen LogP contribution is 2.50. The summed E-state index contributed by atoms with van der Waals surface area (Å²) in [4.78, 5) is 38.2. The summed E-state index contributed by atoms with van der Waals surface area (Å²) in [7, 11) is -4.75. The number of halogens is 1. The van der Waals surface area contributed by atoms with E-state index in [0.717, 1.165) is 5.39 Å². The van der Waals surface area contributed by atoms with E-state index in [9.17, 15) is 18.9 Å². The highest BCUT2D eigenvalue weighted by Gasteiger charge is 2.53. The molecule has 1 N–H and O–H groups in total. The summed E-state index contributed by atoms with van der Waals surface area (Å²) >= 11 is 0. The van der Waals surface area contributed by atoms with Gasteiger partial charge in [0.25, 0.3) is 0 Å². The summed E-state index contributed by atoms with van der Waals surface area (Å²) in [6, 6.07) is 28.3. The smallest absolute Gasteiger partial charge is 0.464 e. The van der Waals surface area contributed by atoms with Crippen molar-refractivity contribution in [2.75, 3.05) is 13.2 Å². The summed E-state index contributed by atoms with van der Waals surface area (Å²) in [6.45, 7) is 6.09. The Morgan fingerprint density at radius 1 is 0.796 bits per heavy atom. The number of nitrogens with one attached hydrogen (secondary N) is 1. The molecule has 0 spiro atoms. The van der Waals surface area contributed by atoms with Crippen LogP contribution >= 0.6 is 7.75 Å².